The van der Waals surface area contributed by atoms with Crippen molar-refractivity contribution in [3.63, 3.8) is 0 Å². The average molecular weight is 227 g/mol. The topological polar surface area (TPSA) is 113 Å². The zero-order valence-corrected chi connectivity index (χ0v) is 8.40. The van der Waals surface area contributed by atoms with Gasteiger partial charge < -0.3 is 9.47 Å². The number of H-pyrrole nitrogens is 2. The molecule has 3 rings (SSSR count). The lowest BCUT2D eigenvalue weighted by molar-refractivity contribution is -0.0926. The van der Waals surface area contributed by atoms with Crippen molar-refractivity contribution in [1.82, 2.24) is 14.5 Å². The number of nitrogens with zero attached hydrogens (tertiary/aromatic N) is 1. The highest BCUT2D eigenvalue weighted by Crippen LogP contribution is 2.69. The Hall–Kier alpha value is -1.67. The summed E-state index contributed by atoms with van der Waals surface area (Å²) < 4.78 is 11.3. The first-order chi connectivity index (χ1) is 7.46. The summed E-state index contributed by atoms with van der Waals surface area (Å²) in [6, 6.07) is 0. The first-order valence-corrected chi connectivity index (χ1v) is 4.80. The minimum Gasteiger partial charge on any atom is -0.307 e. The summed E-state index contributed by atoms with van der Waals surface area (Å²) in [7, 11) is 0. The van der Waals surface area contributed by atoms with E-state index in [-0.39, 0.29) is 6.54 Å². The normalized spacial score (nSPS) is 34.6. The van der Waals surface area contributed by atoms with Gasteiger partial charge in [0, 0.05) is 13.0 Å². The maximum atomic E-state index is 11.3. The lowest BCUT2D eigenvalue weighted by Gasteiger charge is -2.02. The van der Waals surface area contributed by atoms with E-state index in [4.69, 9.17) is 9.47 Å². The van der Waals surface area contributed by atoms with Gasteiger partial charge in [-0.15, -0.1) is 0 Å². The van der Waals surface area contributed by atoms with Gasteiger partial charge in [-0.1, -0.05) is 0 Å². The Morgan fingerprint density at radius 1 is 1.19 bits per heavy atom. The van der Waals surface area contributed by atoms with Crippen LogP contribution >= 0.6 is 0 Å². The zero-order valence-electron chi connectivity index (χ0n) is 8.40. The van der Waals surface area contributed by atoms with Gasteiger partial charge in [-0.05, 0) is 6.92 Å². The lowest BCUT2D eigenvalue weighted by atomic mass is 10.2. The maximum Gasteiger partial charge on any atom is 0.333 e. The van der Waals surface area contributed by atoms with Gasteiger partial charge in [-0.2, -0.15) is 0 Å². The summed E-state index contributed by atoms with van der Waals surface area (Å²) >= 11 is 0. The molecule has 0 bridgehead atoms. The van der Waals surface area contributed by atoms with Crippen molar-refractivity contribution in [3.8, 4) is 0 Å². The van der Waals surface area contributed by atoms with E-state index in [1.54, 1.807) is 6.92 Å². The standard InChI is InChI=1S/C8H9N3O5/c1-7-8(15-7,16-7)2-3-11-5(13)9-4(12)10-6(11)14/h2-3H2,1H3,(H2,9,10,12,13,14). The third-order valence-electron chi connectivity index (χ3n) is 2.92. The fraction of sp³-hybridized carbons (Fsp3) is 0.625. The molecule has 0 amide bonds. The van der Waals surface area contributed by atoms with Crippen LogP contribution in [0.15, 0.2) is 14.4 Å². The first-order valence-electron chi connectivity index (χ1n) is 4.80. The molecule has 1 aromatic heterocycles. The third kappa shape index (κ3) is 1.14. The highest BCUT2D eigenvalue weighted by atomic mass is 17.0. The van der Waals surface area contributed by atoms with Crippen molar-refractivity contribution >= 4 is 0 Å². The molecule has 0 aromatic carbocycles. The van der Waals surface area contributed by atoms with Gasteiger partial charge in [0.1, 0.15) is 0 Å². The smallest absolute Gasteiger partial charge is 0.307 e. The van der Waals surface area contributed by atoms with Crippen molar-refractivity contribution in [2.75, 3.05) is 0 Å². The fourth-order valence-electron chi connectivity index (χ4n) is 1.83. The molecule has 86 valence electrons. The molecule has 8 heteroatoms. The van der Waals surface area contributed by atoms with E-state index in [1.165, 1.54) is 0 Å². The first kappa shape index (κ1) is 9.55. The Bertz CT molecular complexity index is 583. The summed E-state index contributed by atoms with van der Waals surface area (Å²) in [5.41, 5.74) is -2.26. The molecule has 8 nitrogen and oxygen atoms in total. The van der Waals surface area contributed by atoms with E-state index in [1.807, 2.05) is 9.97 Å². The number of aromatic nitrogens is 3. The van der Waals surface area contributed by atoms with Crippen LogP contribution in [0.1, 0.15) is 13.3 Å². The molecule has 0 unspecified atom stereocenters. The second kappa shape index (κ2) is 2.53. The van der Waals surface area contributed by atoms with Gasteiger partial charge in [-0.25, -0.2) is 19.0 Å². The number of hydrogen-bond donors (Lipinski definition) is 2. The Morgan fingerprint density at radius 2 is 1.69 bits per heavy atom. The Morgan fingerprint density at radius 3 is 2.12 bits per heavy atom. The van der Waals surface area contributed by atoms with Gasteiger partial charge in [0.15, 0.2) is 0 Å². The predicted molar refractivity (Wildman–Crippen MR) is 49.9 cm³/mol. The second-order valence-corrected chi connectivity index (χ2v) is 3.99. The Labute approximate surface area is 87.8 Å². The summed E-state index contributed by atoms with van der Waals surface area (Å²) in [6.07, 6.45) is 0.401. The molecule has 0 saturated carbocycles. The monoisotopic (exact) mass is 227 g/mol. The van der Waals surface area contributed by atoms with Crippen LogP contribution in [0.5, 0.6) is 0 Å². The average Bonchev–Trinajstić information content (AvgIpc) is 2.87. The Kier molecular flexibility index (Phi) is 1.51. The van der Waals surface area contributed by atoms with Crippen LogP contribution in [0.4, 0.5) is 0 Å². The minimum absolute atomic E-state index is 0.139. The Balaban J connectivity index is 1.83. The highest BCUT2D eigenvalue weighted by molar-refractivity contribution is 5.14. The predicted octanol–water partition coefficient (Wildman–Crippen LogP) is -1.91. The van der Waals surface area contributed by atoms with Gasteiger partial charge in [0.05, 0.1) is 0 Å². The molecule has 2 aliphatic rings. The third-order valence-corrected chi connectivity index (χ3v) is 2.92. The lowest BCUT2D eigenvalue weighted by Crippen LogP contribution is -2.43. The van der Waals surface area contributed by atoms with Crippen molar-refractivity contribution in [3.05, 3.63) is 31.5 Å². The van der Waals surface area contributed by atoms with E-state index in [0.29, 0.717) is 6.42 Å². The summed E-state index contributed by atoms with van der Waals surface area (Å²) in [4.78, 5) is 37.3. The molecule has 0 aliphatic carbocycles. The van der Waals surface area contributed by atoms with Crippen molar-refractivity contribution < 1.29 is 9.47 Å². The molecule has 2 fully saturated rings. The molecule has 3 heterocycles. The molecule has 16 heavy (non-hydrogen) atoms. The number of hydrogen-bond acceptors (Lipinski definition) is 5. The number of rotatable bonds is 3. The molecular weight excluding hydrogens is 218 g/mol. The number of fused-ring (bicyclic) bond motifs is 1. The highest BCUT2D eigenvalue weighted by Gasteiger charge is 2.87. The molecule has 0 atom stereocenters. The van der Waals surface area contributed by atoms with E-state index in [0.717, 1.165) is 4.57 Å². The number of nitrogens with one attached hydrogen (secondary N) is 2. The summed E-state index contributed by atoms with van der Waals surface area (Å²) in [5, 5.41) is 0. The second-order valence-electron chi connectivity index (χ2n) is 3.99. The van der Waals surface area contributed by atoms with Crippen LogP contribution < -0.4 is 17.1 Å². The van der Waals surface area contributed by atoms with Gasteiger partial charge >= 0.3 is 17.1 Å². The van der Waals surface area contributed by atoms with Crippen LogP contribution in [0.3, 0.4) is 0 Å². The van der Waals surface area contributed by atoms with E-state index >= 15 is 0 Å². The molecule has 2 saturated heterocycles. The minimum atomic E-state index is -0.806. The van der Waals surface area contributed by atoms with Crippen LogP contribution in [0.25, 0.3) is 0 Å². The molecule has 1 aromatic rings. The van der Waals surface area contributed by atoms with Gasteiger partial charge in [-0.3, -0.25) is 9.97 Å². The van der Waals surface area contributed by atoms with E-state index < -0.39 is 28.6 Å². The largest absolute Gasteiger partial charge is 0.333 e. The van der Waals surface area contributed by atoms with Crippen molar-refractivity contribution in [2.45, 2.75) is 31.5 Å². The molecule has 0 spiro atoms. The van der Waals surface area contributed by atoms with Crippen LogP contribution in [-0.4, -0.2) is 26.1 Å². The SMILES string of the molecule is CC12OC1(CCn1c(=O)[nH]c(=O)[nH]c1=O)O2. The van der Waals surface area contributed by atoms with E-state index in [2.05, 4.69) is 0 Å². The van der Waals surface area contributed by atoms with Crippen molar-refractivity contribution in [1.29, 1.82) is 0 Å². The summed E-state index contributed by atoms with van der Waals surface area (Å²) in [5.74, 6) is -1.14. The van der Waals surface area contributed by atoms with Crippen LogP contribution in [-0.2, 0) is 16.0 Å². The van der Waals surface area contributed by atoms with Gasteiger partial charge in [0.25, 0.3) is 0 Å². The molecular formula is C8H9N3O5. The molecule has 0 radical (unpaired) electrons. The quantitative estimate of drug-likeness (QED) is 0.585. The van der Waals surface area contributed by atoms with Crippen LogP contribution in [0.2, 0.25) is 0 Å². The van der Waals surface area contributed by atoms with Gasteiger partial charge in [0.2, 0.25) is 11.6 Å². The fourth-order valence-corrected chi connectivity index (χ4v) is 1.83. The van der Waals surface area contributed by atoms with Crippen LogP contribution in [0, 0.1) is 0 Å². The number of ether oxygens (including phenoxy) is 2. The van der Waals surface area contributed by atoms with E-state index in [9.17, 15) is 14.4 Å². The zero-order chi connectivity index (χ0) is 11.6. The molecule has 2 aliphatic heterocycles. The van der Waals surface area contributed by atoms with Crippen molar-refractivity contribution in [2.24, 2.45) is 0 Å². The number of aromatic amines is 2. The summed E-state index contributed by atoms with van der Waals surface area (Å²) in [6.45, 7) is 1.92. The molecule has 2 N–H and O–H groups in total. The number of epoxide rings is 2. The maximum absolute atomic E-state index is 11.3.